The highest BCUT2D eigenvalue weighted by atomic mass is 16.5. The molecule has 0 spiro atoms. The van der Waals surface area contributed by atoms with Crippen LogP contribution in [0, 0.1) is 5.41 Å². The lowest BCUT2D eigenvalue weighted by atomic mass is 9.77. The van der Waals surface area contributed by atoms with Gasteiger partial charge in [0.25, 0.3) is 0 Å². The maximum atomic E-state index is 11.0. The van der Waals surface area contributed by atoms with Crippen molar-refractivity contribution in [3.63, 3.8) is 0 Å². The molecule has 0 aromatic carbocycles. The second-order valence-corrected chi connectivity index (χ2v) is 5.67. The van der Waals surface area contributed by atoms with E-state index < -0.39 is 0 Å². The van der Waals surface area contributed by atoms with Gasteiger partial charge in [-0.05, 0) is 31.8 Å². The third-order valence-electron chi connectivity index (χ3n) is 2.97. The Labute approximate surface area is 111 Å². The van der Waals surface area contributed by atoms with Crippen molar-refractivity contribution in [1.82, 2.24) is 0 Å². The Balaban J connectivity index is 0.000000331. The molecule has 0 saturated carbocycles. The van der Waals surface area contributed by atoms with Gasteiger partial charge in [0, 0.05) is 20.0 Å². The highest BCUT2D eigenvalue weighted by molar-refractivity contribution is 5.91. The molecule has 1 atom stereocenters. The second-order valence-electron chi connectivity index (χ2n) is 5.67. The fourth-order valence-corrected chi connectivity index (χ4v) is 2.08. The summed E-state index contributed by atoms with van der Waals surface area (Å²) in [5.41, 5.74) is 1.43. The molecule has 0 fully saturated rings. The van der Waals surface area contributed by atoms with Gasteiger partial charge in [-0.15, -0.1) is 0 Å². The van der Waals surface area contributed by atoms with E-state index in [9.17, 15) is 9.59 Å². The summed E-state index contributed by atoms with van der Waals surface area (Å²) in [5, 5.41) is 0. The average molecular weight is 254 g/mol. The van der Waals surface area contributed by atoms with E-state index in [1.54, 1.807) is 13.0 Å². The molecule has 1 aliphatic rings. The maximum Gasteiger partial charge on any atom is 0.160 e. The number of ether oxygens (including phenoxy) is 1. The second kappa shape index (κ2) is 7.47. The molecule has 18 heavy (non-hydrogen) atoms. The SMILES string of the molecule is CC1=CC(=O)CC(C)(C)C1.CCC(=O)C(C)OC. The molecule has 0 radical (unpaired) electrons. The maximum absolute atomic E-state index is 11.0. The Hall–Kier alpha value is -0.960. The number of Topliss-reactive ketones (excluding diaryl/α,β-unsaturated/α-hetero) is 1. The Morgan fingerprint density at radius 3 is 2.28 bits per heavy atom. The van der Waals surface area contributed by atoms with Crippen molar-refractivity contribution < 1.29 is 14.3 Å². The average Bonchev–Trinajstić information content (AvgIpc) is 2.24. The minimum Gasteiger partial charge on any atom is -0.374 e. The van der Waals surface area contributed by atoms with Crippen molar-refractivity contribution in [3.8, 4) is 0 Å². The van der Waals surface area contributed by atoms with Gasteiger partial charge in [0.15, 0.2) is 11.6 Å². The van der Waals surface area contributed by atoms with E-state index in [-0.39, 0.29) is 23.1 Å². The van der Waals surface area contributed by atoms with Gasteiger partial charge in [-0.2, -0.15) is 0 Å². The van der Waals surface area contributed by atoms with Crippen molar-refractivity contribution in [2.75, 3.05) is 7.11 Å². The number of allylic oxidation sites excluding steroid dienone is 2. The molecule has 0 aliphatic heterocycles. The van der Waals surface area contributed by atoms with Crippen molar-refractivity contribution in [3.05, 3.63) is 11.6 Å². The molecule has 1 unspecified atom stereocenters. The van der Waals surface area contributed by atoms with E-state index in [2.05, 4.69) is 13.8 Å². The molecule has 0 aromatic heterocycles. The lowest BCUT2D eigenvalue weighted by Crippen LogP contribution is -2.20. The van der Waals surface area contributed by atoms with Crippen molar-refractivity contribution in [2.45, 2.75) is 60.0 Å². The van der Waals surface area contributed by atoms with Gasteiger partial charge in [0.1, 0.15) is 6.10 Å². The van der Waals surface area contributed by atoms with Crippen molar-refractivity contribution >= 4 is 11.6 Å². The minimum atomic E-state index is -0.222. The highest BCUT2D eigenvalue weighted by Crippen LogP contribution is 2.32. The molecular formula is C15H26O3. The Kier molecular flexibility index (Phi) is 7.07. The third kappa shape index (κ3) is 6.70. The monoisotopic (exact) mass is 254 g/mol. The number of carbonyl (C=O) groups excluding carboxylic acids is 2. The van der Waals surface area contributed by atoms with Crippen LogP contribution in [0.5, 0.6) is 0 Å². The smallest absolute Gasteiger partial charge is 0.160 e. The first-order chi connectivity index (χ1) is 8.21. The Morgan fingerprint density at radius 1 is 1.44 bits per heavy atom. The van der Waals surface area contributed by atoms with E-state index in [1.165, 1.54) is 12.7 Å². The predicted octanol–water partition coefficient (Wildman–Crippen LogP) is 3.32. The first kappa shape index (κ1) is 17.0. The van der Waals surface area contributed by atoms with Crippen LogP contribution < -0.4 is 0 Å². The van der Waals surface area contributed by atoms with E-state index in [0.29, 0.717) is 12.8 Å². The number of methoxy groups -OCH3 is 1. The van der Waals surface area contributed by atoms with E-state index in [0.717, 1.165) is 6.42 Å². The summed E-state index contributed by atoms with van der Waals surface area (Å²) in [4.78, 5) is 21.6. The summed E-state index contributed by atoms with van der Waals surface area (Å²) in [6.07, 6.45) is 3.89. The van der Waals surface area contributed by atoms with Crippen LogP contribution in [-0.4, -0.2) is 24.8 Å². The molecule has 0 amide bonds. The number of hydrogen-bond donors (Lipinski definition) is 0. The number of carbonyl (C=O) groups is 2. The molecule has 3 nitrogen and oxygen atoms in total. The summed E-state index contributed by atoms with van der Waals surface area (Å²) in [6.45, 7) is 9.89. The van der Waals surface area contributed by atoms with Crippen LogP contribution in [0.25, 0.3) is 0 Å². The fraction of sp³-hybridized carbons (Fsp3) is 0.733. The summed E-state index contributed by atoms with van der Waals surface area (Å²) < 4.78 is 4.75. The lowest BCUT2D eigenvalue weighted by molar-refractivity contribution is -0.127. The number of hydrogen-bond acceptors (Lipinski definition) is 3. The topological polar surface area (TPSA) is 43.4 Å². The predicted molar refractivity (Wildman–Crippen MR) is 73.5 cm³/mol. The van der Waals surface area contributed by atoms with Gasteiger partial charge in [-0.25, -0.2) is 0 Å². The van der Waals surface area contributed by atoms with Crippen LogP contribution in [0.1, 0.15) is 53.9 Å². The van der Waals surface area contributed by atoms with Crippen molar-refractivity contribution in [1.29, 1.82) is 0 Å². The van der Waals surface area contributed by atoms with Crippen LogP contribution in [0.4, 0.5) is 0 Å². The van der Waals surface area contributed by atoms with E-state index in [4.69, 9.17) is 4.74 Å². The summed E-state index contributed by atoms with van der Waals surface area (Å²) in [7, 11) is 1.54. The first-order valence-corrected chi connectivity index (χ1v) is 6.47. The van der Waals surface area contributed by atoms with Crippen LogP contribution >= 0.6 is 0 Å². The van der Waals surface area contributed by atoms with Gasteiger partial charge >= 0.3 is 0 Å². The van der Waals surface area contributed by atoms with Crippen LogP contribution in [0.3, 0.4) is 0 Å². The summed E-state index contributed by atoms with van der Waals surface area (Å²) in [6, 6.07) is 0. The molecule has 0 N–H and O–H groups in total. The van der Waals surface area contributed by atoms with Crippen LogP contribution in [0.2, 0.25) is 0 Å². The Bertz CT molecular complexity index is 327. The van der Waals surface area contributed by atoms with E-state index >= 15 is 0 Å². The van der Waals surface area contributed by atoms with Gasteiger partial charge in [-0.1, -0.05) is 26.3 Å². The first-order valence-electron chi connectivity index (χ1n) is 6.47. The molecule has 104 valence electrons. The van der Waals surface area contributed by atoms with E-state index in [1.807, 2.05) is 13.8 Å². The minimum absolute atomic E-state index is 0.160. The molecule has 1 rings (SSSR count). The van der Waals surface area contributed by atoms with Gasteiger partial charge in [0.05, 0.1) is 0 Å². The van der Waals surface area contributed by atoms with Gasteiger partial charge in [0.2, 0.25) is 0 Å². The fourth-order valence-electron chi connectivity index (χ4n) is 2.08. The molecule has 0 bridgehead atoms. The summed E-state index contributed by atoms with van der Waals surface area (Å²) >= 11 is 0. The standard InChI is InChI=1S/C9H14O.C6H12O2/c1-7-4-8(10)6-9(2,3)5-7;1-4-6(7)5(2)8-3/h4H,5-6H2,1-3H3;5H,4H2,1-3H3. The zero-order valence-electron chi connectivity index (χ0n) is 12.5. The zero-order valence-corrected chi connectivity index (χ0v) is 12.5. The molecule has 1 aliphatic carbocycles. The largest absolute Gasteiger partial charge is 0.374 e. The normalized spacial score (nSPS) is 19.4. The quantitative estimate of drug-likeness (QED) is 0.776. The van der Waals surface area contributed by atoms with Crippen LogP contribution in [0.15, 0.2) is 11.6 Å². The van der Waals surface area contributed by atoms with Crippen LogP contribution in [-0.2, 0) is 14.3 Å². The third-order valence-corrected chi connectivity index (χ3v) is 2.97. The number of rotatable bonds is 3. The zero-order chi connectivity index (χ0) is 14.3. The Morgan fingerprint density at radius 2 is 2.00 bits per heavy atom. The summed E-state index contributed by atoms with van der Waals surface area (Å²) in [5.74, 6) is 0.446. The molecule has 0 heterocycles. The highest BCUT2D eigenvalue weighted by Gasteiger charge is 2.25. The molecule has 0 saturated heterocycles. The van der Waals surface area contributed by atoms with Gasteiger partial charge in [-0.3, -0.25) is 9.59 Å². The molecule has 3 heteroatoms. The lowest BCUT2D eigenvalue weighted by Gasteiger charge is -2.27. The molecular weight excluding hydrogens is 228 g/mol. The van der Waals surface area contributed by atoms with Gasteiger partial charge < -0.3 is 4.74 Å². The molecule has 0 aromatic rings. The number of ketones is 2. The van der Waals surface area contributed by atoms with Crippen molar-refractivity contribution in [2.24, 2.45) is 5.41 Å².